The molecule has 0 radical (unpaired) electrons. The van der Waals surface area contributed by atoms with Crippen LogP contribution >= 0.6 is 11.3 Å². The Bertz CT molecular complexity index is 1140. The number of rotatable bonds is 5. The molecule has 2 heterocycles. The van der Waals surface area contributed by atoms with E-state index in [1.807, 2.05) is 32.0 Å². The number of nitrogens with one attached hydrogen (secondary N) is 1. The van der Waals surface area contributed by atoms with E-state index in [1.165, 1.54) is 10.9 Å². The van der Waals surface area contributed by atoms with E-state index in [9.17, 15) is 14.4 Å². The summed E-state index contributed by atoms with van der Waals surface area (Å²) >= 11 is 1.12. The predicted octanol–water partition coefficient (Wildman–Crippen LogP) is 3.59. The first-order chi connectivity index (χ1) is 13.7. The van der Waals surface area contributed by atoms with Crippen molar-refractivity contribution in [1.82, 2.24) is 9.55 Å². The third-order valence-electron chi connectivity index (χ3n) is 4.26. The highest BCUT2D eigenvalue weighted by molar-refractivity contribution is 7.20. The minimum Gasteiger partial charge on any atom is -0.459 e. The van der Waals surface area contributed by atoms with Crippen LogP contribution in [0.1, 0.15) is 40.2 Å². The van der Waals surface area contributed by atoms with E-state index in [4.69, 9.17) is 4.74 Å². The first-order valence-electron chi connectivity index (χ1n) is 9.23. The predicted molar refractivity (Wildman–Crippen MR) is 114 cm³/mol. The van der Waals surface area contributed by atoms with E-state index in [1.54, 1.807) is 20.8 Å². The number of benzene rings is 1. The summed E-state index contributed by atoms with van der Waals surface area (Å²) in [6, 6.07) is 5.74. The molecule has 0 unspecified atom stereocenters. The summed E-state index contributed by atoms with van der Waals surface area (Å²) < 4.78 is 6.49. The van der Waals surface area contributed by atoms with Gasteiger partial charge in [0.2, 0.25) is 5.91 Å². The van der Waals surface area contributed by atoms with Gasteiger partial charge in [0.25, 0.3) is 5.56 Å². The summed E-state index contributed by atoms with van der Waals surface area (Å²) in [5.74, 6) is -0.801. The molecule has 0 spiro atoms. The average molecular weight is 413 g/mol. The Morgan fingerprint density at radius 1 is 1.17 bits per heavy atom. The fourth-order valence-electron chi connectivity index (χ4n) is 3.14. The number of esters is 1. The van der Waals surface area contributed by atoms with Gasteiger partial charge in [0.1, 0.15) is 16.3 Å². The molecule has 0 aliphatic rings. The molecule has 0 aliphatic carbocycles. The molecule has 0 fully saturated rings. The van der Waals surface area contributed by atoms with Crippen LogP contribution in [0.25, 0.3) is 10.2 Å². The van der Waals surface area contributed by atoms with Gasteiger partial charge in [-0.2, -0.15) is 0 Å². The summed E-state index contributed by atoms with van der Waals surface area (Å²) in [5, 5.41) is 3.15. The lowest BCUT2D eigenvalue weighted by molar-refractivity contribution is -0.116. The quantitative estimate of drug-likeness (QED) is 0.646. The first-order valence-corrected chi connectivity index (χ1v) is 10.0. The van der Waals surface area contributed by atoms with E-state index in [-0.39, 0.29) is 24.1 Å². The van der Waals surface area contributed by atoms with Crippen molar-refractivity contribution >= 4 is 39.1 Å². The van der Waals surface area contributed by atoms with Gasteiger partial charge in [-0.1, -0.05) is 6.07 Å². The normalized spacial score (nSPS) is 11.1. The topological polar surface area (TPSA) is 90.3 Å². The molecule has 7 nitrogen and oxygen atoms in total. The number of hydrogen-bond donors (Lipinski definition) is 1. The number of carbonyl (C=O) groups excluding carboxylic acids is 2. The van der Waals surface area contributed by atoms with Crippen LogP contribution in [0.3, 0.4) is 0 Å². The van der Waals surface area contributed by atoms with Crippen LogP contribution in [0.2, 0.25) is 0 Å². The largest absolute Gasteiger partial charge is 0.459 e. The molecule has 2 aromatic heterocycles. The molecule has 0 saturated carbocycles. The summed E-state index contributed by atoms with van der Waals surface area (Å²) in [4.78, 5) is 42.7. The highest BCUT2D eigenvalue weighted by Gasteiger charge is 2.21. The van der Waals surface area contributed by atoms with Gasteiger partial charge in [0, 0.05) is 5.69 Å². The standard InChI is InChI=1S/C21H23N3O4S/c1-11(2)28-21(27)18-14(5)17-19(29-18)22-10-24(20(17)26)9-16(25)23-15-7-12(3)6-13(4)8-15/h6-8,10-11H,9H2,1-5H3,(H,23,25). The monoisotopic (exact) mass is 413 g/mol. The van der Waals surface area contributed by atoms with Crippen molar-refractivity contribution in [3.05, 3.63) is 56.4 Å². The smallest absolute Gasteiger partial charge is 0.348 e. The van der Waals surface area contributed by atoms with E-state index < -0.39 is 5.97 Å². The minimum atomic E-state index is -0.473. The summed E-state index contributed by atoms with van der Waals surface area (Å²) in [5.41, 5.74) is 2.92. The molecule has 0 aliphatic heterocycles. The lowest BCUT2D eigenvalue weighted by Crippen LogP contribution is -2.28. The summed E-state index contributed by atoms with van der Waals surface area (Å²) in [6.07, 6.45) is 1.07. The van der Waals surface area contributed by atoms with Crippen LogP contribution in [0.4, 0.5) is 5.69 Å². The fraction of sp³-hybridized carbons (Fsp3) is 0.333. The Morgan fingerprint density at radius 2 is 1.83 bits per heavy atom. The summed E-state index contributed by atoms with van der Waals surface area (Å²) in [6.45, 7) is 8.95. The second-order valence-electron chi connectivity index (χ2n) is 7.29. The number of nitrogens with zero attached hydrogens (tertiary/aromatic N) is 2. The van der Waals surface area contributed by atoms with Gasteiger partial charge in [-0.25, -0.2) is 9.78 Å². The van der Waals surface area contributed by atoms with Crippen LogP contribution in [0.5, 0.6) is 0 Å². The van der Waals surface area contributed by atoms with E-state index in [0.29, 0.717) is 26.3 Å². The van der Waals surface area contributed by atoms with Gasteiger partial charge in [-0.3, -0.25) is 14.2 Å². The lowest BCUT2D eigenvalue weighted by atomic mass is 10.1. The Hall–Kier alpha value is -3.00. The van der Waals surface area contributed by atoms with Crippen molar-refractivity contribution in [2.75, 3.05) is 5.32 Å². The summed E-state index contributed by atoms with van der Waals surface area (Å²) in [7, 11) is 0. The zero-order valence-corrected chi connectivity index (χ0v) is 17.8. The van der Waals surface area contributed by atoms with Gasteiger partial charge in [0.15, 0.2) is 0 Å². The fourth-order valence-corrected chi connectivity index (χ4v) is 4.16. The molecule has 29 heavy (non-hydrogen) atoms. The van der Waals surface area contributed by atoms with E-state index >= 15 is 0 Å². The van der Waals surface area contributed by atoms with Gasteiger partial charge < -0.3 is 10.1 Å². The van der Waals surface area contributed by atoms with Crippen LogP contribution in [0.15, 0.2) is 29.3 Å². The molecular weight excluding hydrogens is 390 g/mol. The number of hydrogen-bond acceptors (Lipinski definition) is 6. The highest BCUT2D eigenvalue weighted by atomic mass is 32.1. The molecule has 8 heteroatoms. The van der Waals surface area contributed by atoms with Gasteiger partial charge in [0.05, 0.1) is 17.8 Å². The lowest BCUT2D eigenvalue weighted by Gasteiger charge is -2.09. The maximum Gasteiger partial charge on any atom is 0.348 e. The number of fused-ring (bicyclic) bond motifs is 1. The molecule has 1 N–H and O–H groups in total. The maximum absolute atomic E-state index is 12.9. The van der Waals surface area contributed by atoms with Crippen molar-refractivity contribution < 1.29 is 14.3 Å². The Balaban J connectivity index is 1.87. The molecule has 152 valence electrons. The molecular formula is C21H23N3O4S. The number of carbonyl (C=O) groups is 2. The van der Waals surface area contributed by atoms with Crippen molar-refractivity contribution in [1.29, 1.82) is 0 Å². The number of aromatic nitrogens is 2. The number of thiophene rings is 1. The molecule has 1 amide bonds. The van der Waals surface area contributed by atoms with Crippen molar-refractivity contribution in [2.24, 2.45) is 0 Å². The van der Waals surface area contributed by atoms with Gasteiger partial charge >= 0.3 is 5.97 Å². The highest BCUT2D eigenvalue weighted by Crippen LogP contribution is 2.27. The second kappa shape index (κ2) is 8.16. The number of amides is 1. The van der Waals surface area contributed by atoms with Crippen molar-refractivity contribution in [2.45, 2.75) is 47.3 Å². The molecule has 0 atom stereocenters. The van der Waals surface area contributed by atoms with Gasteiger partial charge in [-0.05, 0) is 63.4 Å². The molecule has 3 aromatic rings. The van der Waals surface area contributed by atoms with E-state index in [2.05, 4.69) is 10.3 Å². The van der Waals surface area contributed by atoms with Crippen molar-refractivity contribution in [3.63, 3.8) is 0 Å². The SMILES string of the molecule is Cc1cc(C)cc(NC(=O)Cn2cnc3sc(C(=O)OC(C)C)c(C)c3c2=O)c1. The molecule has 3 rings (SSSR count). The molecule has 0 bridgehead atoms. The van der Waals surface area contributed by atoms with Crippen LogP contribution in [0, 0.1) is 20.8 Å². The number of ether oxygens (including phenoxy) is 1. The van der Waals surface area contributed by atoms with Gasteiger partial charge in [-0.15, -0.1) is 11.3 Å². The van der Waals surface area contributed by atoms with Crippen molar-refractivity contribution in [3.8, 4) is 0 Å². The zero-order valence-electron chi connectivity index (χ0n) is 17.0. The Labute approximate surface area is 172 Å². The van der Waals surface area contributed by atoms with E-state index in [0.717, 1.165) is 22.5 Å². The molecule has 0 saturated heterocycles. The first kappa shape index (κ1) is 20.7. The number of aryl methyl sites for hydroxylation is 3. The van der Waals surface area contributed by atoms with Crippen LogP contribution < -0.4 is 10.9 Å². The maximum atomic E-state index is 12.9. The third kappa shape index (κ3) is 4.54. The minimum absolute atomic E-state index is 0.171. The zero-order chi connectivity index (χ0) is 21.3. The average Bonchev–Trinajstić information content (AvgIpc) is 2.93. The molecule has 1 aromatic carbocycles. The van der Waals surface area contributed by atoms with Crippen LogP contribution in [-0.4, -0.2) is 27.5 Å². The second-order valence-corrected chi connectivity index (χ2v) is 8.29. The Morgan fingerprint density at radius 3 is 2.45 bits per heavy atom. The third-order valence-corrected chi connectivity index (χ3v) is 5.44. The Kier molecular flexibility index (Phi) is 5.83. The van der Waals surface area contributed by atoms with Crippen LogP contribution in [-0.2, 0) is 16.1 Å². The number of anilines is 1.